The van der Waals surface area contributed by atoms with Gasteiger partial charge in [0, 0.05) is 13.0 Å². The molecule has 3 nitrogen and oxygen atoms in total. The Morgan fingerprint density at radius 3 is 1.81 bits per heavy atom. The van der Waals surface area contributed by atoms with Crippen molar-refractivity contribution in [3.63, 3.8) is 0 Å². The monoisotopic (exact) mass is 228 g/mol. The summed E-state index contributed by atoms with van der Waals surface area (Å²) in [5, 5.41) is 2.57. The van der Waals surface area contributed by atoms with Crippen LogP contribution in [0.5, 0.6) is 0 Å². The molecule has 0 unspecified atom stereocenters. The van der Waals surface area contributed by atoms with E-state index in [0.29, 0.717) is 0 Å². The SMILES string of the molecule is CCCCCCCCCCN.O=C1CCN1. The average molecular weight is 228 g/mol. The Morgan fingerprint density at radius 2 is 1.50 bits per heavy atom. The van der Waals surface area contributed by atoms with Crippen LogP contribution in [0.1, 0.15) is 64.7 Å². The zero-order valence-corrected chi connectivity index (χ0v) is 10.8. The fourth-order valence-electron chi connectivity index (χ4n) is 1.51. The van der Waals surface area contributed by atoms with Crippen molar-refractivity contribution in [1.29, 1.82) is 0 Å². The molecular formula is C13H28N2O. The number of rotatable bonds is 8. The fourth-order valence-corrected chi connectivity index (χ4v) is 1.51. The quantitative estimate of drug-likeness (QED) is 0.495. The van der Waals surface area contributed by atoms with Crippen LogP contribution in [0.25, 0.3) is 0 Å². The average Bonchev–Trinajstić information content (AvgIpc) is 2.26. The highest BCUT2D eigenvalue weighted by atomic mass is 16.2. The lowest BCUT2D eigenvalue weighted by Crippen LogP contribution is -2.37. The lowest BCUT2D eigenvalue weighted by molar-refractivity contribution is -0.125. The molecule has 96 valence electrons. The Morgan fingerprint density at radius 1 is 1.06 bits per heavy atom. The van der Waals surface area contributed by atoms with Crippen LogP contribution in [0.15, 0.2) is 0 Å². The first-order chi connectivity index (χ1) is 7.81. The molecule has 0 aromatic heterocycles. The predicted octanol–water partition coefficient (Wildman–Crippen LogP) is 2.59. The maximum absolute atomic E-state index is 9.79. The van der Waals surface area contributed by atoms with E-state index in [1.165, 1.54) is 51.4 Å². The van der Waals surface area contributed by atoms with Crippen molar-refractivity contribution in [3.05, 3.63) is 0 Å². The van der Waals surface area contributed by atoms with Crippen molar-refractivity contribution < 1.29 is 4.79 Å². The lowest BCUT2D eigenvalue weighted by Gasteiger charge is -2.10. The van der Waals surface area contributed by atoms with Crippen LogP contribution in [0, 0.1) is 0 Å². The number of carbonyl (C=O) groups excluding carboxylic acids is 1. The van der Waals surface area contributed by atoms with Gasteiger partial charge in [0.15, 0.2) is 0 Å². The molecule has 16 heavy (non-hydrogen) atoms. The molecule has 3 N–H and O–H groups in total. The Hall–Kier alpha value is -0.570. The van der Waals surface area contributed by atoms with Crippen LogP contribution in [-0.4, -0.2) is 19.0 Å². The minimum atomic E-state index is 0.185. The summed E-state index contributed by atoms with van der Waals surface area (Å²) in [4.78, 5) is 9.79. The first kappa shape index (κ1) is 15.4. The van der Waals surface area contributed by atoms with Crippen LogP contribution in [-0.2, 0) is 4.79 Å². The normalized spacial score (nSPS) is 13.5. The molecule has 0 aliphatic carbocycles. The highest BCUT2D eigenvalue weighted by Crippen LogP contribution is 2.07. The van der Waals surface area contributed by atoms with E-state index >= 15 is 0 Å². The van der Waals surface area contributed by atoms with Gasteiger partial charge in [0.25, 0.3) is 0 Å². The number of nitrogens with two attached hydrogens (primary N) is 1. The van der Waals surface area contributed by atoms with Crippen molar-refractivity contribution >= 4 is 5.91 Å². The number of hydrogen-bond acceptors (Lipinski definition) is 2. The highest BCUT2D eigenvalue weighted by Gasteiger charge is 2.07. The number of nitrogens with one attached hydrogen (secondary N) is 1. The minimum Gasteiger partial charge on any atom is -0.356 e. The third-order valence-electron chi connectivity index (χ3n) is 2.73. The minimum absolute atomic E-state index is 0.185. The Balaban J connectivity index is 0.000000368. The summed E-state index contributed by atoms with van der Waals surface area (Å²) in [5.41, 5.74) is 5.39. The molecule has 0 radical (unpaired) electrons. The summed E-state index contributed by atoms with van der Waals surface area (Å²) in [6.45, 7) is 4.02. The van der Waals surface area contributed by atoms with Crippen molar-refractivity contribution in [1.82, 2.24) is 5.32 Å². The van der Waals surface area contributed by atoms with Gasteiger partial charge in [-0.3, -0.25) is 4.79 Å². The second kappa shape index (κ2) is 12.5. The Kier molecular flexibility index (Phi) is 12.1. The van der Waals surface area contributed by atoms with Crippen molar-refractivity contribution in [3.8, 4) is 0 Å². The topological polar surface area (TPSA) is 55.1 Å². The van der Waals surface area contributed by atoms with Crippen LogP contribution >= 0.6 is 0 Å². The standard InChI is InChI=1S/C10H23N.C3H5NO/c1-2-3-4-5-6-7-8-9-10-11;5-3-1-2-4-3/h2-11H2,1H3;1-2H2,(H,4,5). The largest absolute Gasteiger partial charge is 0.356 e. The van der Waals surface area contributed by atoms with E-state index in [-0.39, 0.29) is 5.91 Å². The van der Waals surface area contributed by atoms with Gasteiger partial charge in [-0.2, -0.15) is 0 Å². The molecular weight excluding hydrogens is 200 g/mol. The van der Waals surface area contributed by atoms with Gasteiger partial charge < -0.3 is 11.1 Å². The number of amides is 1. The molecule has 1 aliphatic heterocycles. The molecule has 1 heterocycles. The van der Waals surface area contributed by atoms with Gasteiger partial charge in [-0.25, -0.2) is 0 Å². The first-order valence-corrected chi connectivity index (χ1v) is 6.78. The molecule has 1 saturated heterocycles. The van der Waals surface area contributed by atoms with E-state index in [2.05, 4.69) is 12.2 Å². The van der Waals surface area contributed by atoms with E-state index in [1.807, 2.05) is 0 Å². The molecule has 0 aromatic rings. The number of carbonyl (C=O) groups is 1. The van der Waals surface area contributed by atoms with Gasteiger partial charge in [-0.1, -0.05) is 51.9 Å². The third-order valence-corrected chi connectivity index (χ3v) is 2.73. The summed E-state index contributed by atoms with van der Waals surface area (Å²) < 4.78 is 0. The van der Waals surface area contributed by atoms with E-state index < -0.39 is 0 Å². The van der Waals surface area contributed by atoms with Crippen molar-refractivity contribution in [2.24, 2.45) is 5.73 Å². The van der Waals surface area contributed by atoms with Crippen LogP contribution in [0.3, 0.4) is 0 Å². The molecule has 0 bridgehead atoms. The van der Waals surface area contributed by atoms with Gasteiger partial charge in [-0.05, 0) is 13.0 Å². The zero-order chi connectivity index (χ0) is 12.1. The van der Waals surface area contributed by atoms with Gasteiger partial charge in [0.2, 0.25) is 5.91 Å². The molecule has 1 rings (SSSR count). The van der Waals surface area contributed by atoms with Crippen molar-refractivity contribution in [2.75, 3.05) is 13.1 Å². The molecule has 1 aliphatic rings. The Labute approximate surface area is 100 Å². The molecule has 1 fully saturated rings. The molecule has 0 aromatic carbocycles. The van der Waals surface area contributed by atoms with Crippen LogP contribution < -0.4 is 11.1 Å². The predicted molar refractivity (Wildman–Crippen MR) is 69.3 cm³/mol. The lowest BCUT2D eigenvalue weighted by atomic mass is 10.1. The smallest absolute Gasteiger partial charge is 0.221 e. The summed E-state index contributed by atoms with van der Waals surface area (Å²) in [6.07, 6.45) is 11.7. The molecule has 3 heteroatoms. The fraction of sp³-hybridized carbons (Fsp3) is 0.923. The molecule has 1 amide bonds. The van der Waals surface area contributed by atoms with Gasteiger partial charge in [0.1, 0.15) is 0 Å². The van der Waals surface area contributed by atoms with Gasteiger partial charge >= 0.3 is 0 Å². The van der Waals surface area contributed by atoms with E-state index in [0.717, 1.165) is 19.5 Å². The molecule has 0 saturated carbocycles. The summed E-state index contributed by atoms with van der Waals surface area (Å²) in [6, 6.07) is 0. The third kappa shape index (κ3) is 11.5. The Bertz CT molecular complexity index is 146. The maximum atomic E-state index is 9.79. The summed E-state index contributed by atoms with van der Waals surface area (Å²) >= 11 is 0. The summed E-state index contributed by atoms with van der Waals surface area (Å²) in [5.74, 6) is 0.185. The maximum Gasteiger partial charge on any atom is 0.221 e. The number of unbranched alkanes of at least 4 members (excludes halogenated alkanes) is 7. The van der Waals surface area contributed by atoms with Crippen molar-refractivity contribution in [2.45, 2.75) is 64.7 Å². The highest BCUT2D eigenvalue weighted by molar-refractivity contribution is 5.81. The van der Waals surface area contributed by atoms with Gasteiger partial charge in [0.05, 0.1) is 0 Å². The molecule has 0 atom stereocenters. The van der Waals surface area contributed by atoms with E-state index in [4.69, 9.17) is 5.73 Å². The van der Waals surface area contributed by atoms with E-state index in [1.54, 1.807) is 0 Å². The first-order valence-electron chi connectivity index (χ1n) is 6.78. The second-order valence-electron chi connectivity index (χ2n) is 4.36. The van der Waals surface area contributed by atoms with E-state index in [9.17, 15) is 4.79 Å². The second-order valence-corrected chi connectivity index (χ2v) is 4.36. The number of hydrogen-bond donors (Lipinski definition) is 2. The van der Waals surface area contributed by atoms with Gasteiger partial charge in [-0.15, -0.1) is 0 Å². The zero-order valence-electron chi connectivity index (χ0n) is 10.8. The summed E-state index contributed by atoms with van der Waals surface area (Å²) in [7, 11) is 0. The van der Waals surface area contributed by atoms with Crippen LogP contribution in [0.4, 0.5) is 0 Å². The van der Waals surface area contributed by atoms with Crippen LogP contribution in [0.2, 0.25) is 0 Å². The number of β-lactam (4-membered cyclic amide) rings is 1. The molecule has 0 spiro atoms.